The van der Waals surface area contributed by atoms with Crippen LogP contribution in [0.3, 0.4) is 0 Å². The topological polar surface area (TPSA) is 33.3 Å². The minimum absolute atomic E-state index is 0.789. The van der Waals surface area contributed by atoms with E-state index in [1.165, 1.54) is 18.4 Å². The summed E-state index contributed by atoms with van der Waals surface area (Å²) in [6.45, 7) is 2.88. The molecule has 0 bridgehead atoms. The Morgan fingerprint density at radius 2 is 2.18 bits per heavy atom. The molecule has 2 rings (SSSR count). The Morgan fingerprint density at radius 3 is 2.88 bits per heavy atom. The third-order valence-corrected chi connectivity index (χ3v) is 3.36. The van der Waals surface area contributed by atoms with E-state index in [0.29, 0.717) is 0 Å². The lowest BCUT2D eigenvalue weighted by Gasteiger charge is -2.10. The van der Waals surface area contributed by atoms with Crippen molar-refractivity contribution in [2.75, 3.05) is 20.2 Å². The van der Waals surface area contributed by atoms with Crippen LogP contribution in [0.25, 0.3) is 0 Å². The van der Waals surface area contributed by atoms with Gasteiger partial charge in [-0.2, -0.15) is 0 Å². The van der Waals surface area contributed by atoms with E-state index >= 15 is 0 Å². The first kappa shape index (κ1) is 12.9. The number of ether oxygens (including phenoxy) is 1. The van der Waals surface area contributed by atoms with Crippen molar-refractivity contribution in [2.45, 2.75) is 25.4 Å². The van der Waals surface area contributed by atoms with Gasteiger partial charge in [-0.1, -0.05) is 15.9 Å². The normalized spacial score (nSPS) is 14.9. The third kappa shape index (κ3) is 4.30. The molecular weight excluding hydrogens is 280 g/mol. The average Bonchev–Trinajstić information content (AvgIpc) is 3.13. The van der Waals surface area contributed by atoms with Gasteiger partial charge in [-0.05, 0) is 31.0 Å². The van der Waals surface area contributed by atoms with E-state index in [1.54, 1.807) is 7.11 Å². The lowest BCUT2D eigenvalue weighted by atomic mass is 10.2. The molecule has 1 aromatic carbocycles. The maximum Gasteiger partial charge on any atom is 0.123 e. The van der Waals surface area contributed by atoms with Gasteiger partial charge < -0.3 is 15.4 Å². The number of methoxy groups -OCH3 is 1. The highest BCUT2D eigenvalue weighted by molar-refractivity contribution is 9.10. The predicted octanol–water partition coefficient (Wildman–Crippen LogP) is 2.30. The first-order chi connectivity index (χ1) is 8.29. The summed E-state index contributed by atoms with van der Waals surface area (Å²) in [5.74, 6) is 0.941. The minimum atomic E-state index is 0.789. The van der Waals surface area contributed by atoms with Crippen LogP contribution in [0, 0.1) is 0 Å². The molecule has 1 aliphatic rings. The lowest BCUT2D eigenvalue weighted by molar-refractivity contribution is 0.407. The molecule has 0 aliphatic heterocycles. The number of rotatable bonds is 7. The third-order valence-electron chi connectivity index (χ3n) is 2.87. The van der Waals surface area contributed by atoms with Crippen LogP contribution in [-0.2, 0) is 6.54 Å². The van der Waals surface area contributed by atoms with Gasteiger partial charge in [0, 0.05) is 35.7 Å². The van der Waals surface area contributed by atoms with Crippen LogP contribution in [-0.4, -0.2) is 26.2 Å². The van der Waals surface area contributed by atoms with Crippen LogP contribution < -0.4 is 15.4 Å². The second-order valence-corrected chi connectivity index (χ2v) is 5.28. The van der Waals surface area contributed by atoms with Crippen LogP contribution in [0.5, 0.6) is 5.75 Å². The standard InChI is InChI=1S/C13H19BrN2O/c1-17-13-5-2-11(14)8-10(13)9-15-6-7-16-12-3-4-12/h2,5,8,12,15-16H,3-4,6-7,9H2,1H3. The van der Waals surface area contributed by atoms with Gasteiger partial charge in [0.2, 0.25) is 0 Å². The summed E-state index contributed by atoms with van der Waals surface area (Å²) in [7, 11) is 1.71. The van der Waals surface area contributed by atoms with Gasteiger partial charge in [0.1, 0.15) is 5.75 Å². The first-order valence-electron chi connectivity index (χ1n) is 6.06. The van der Waals surface area contributed by atoms with Gasteiger partial charge in [-0.15, -0.1) is 0 Å². The Hall–Kier alpha value is -0.580. The highest BCUT2D eigenvalue weighted by Gasteiger charge is 2.19. The van der Waals surface area contributed by atoms with Gasteiger partial charge >= 0.3 is 0 Å². The molecule has 0 radical (unpaired) electrons. The number of hydrogen-bond acceptors (Lipinski definition) is 3. The van der Waals surface area contributed by atoms with Crippen LogP contribution in [0.1, 0.15) is 18.4 Å². The molecule has 0 atom stereocenters. The van der Waals surface area contributed by atoms with Crippen LogP contribution in [0.4, 0.5) is 0 Å². The lowest BCUT2D eigenvalue weighted by Crippen LogP contribution is -2.28. The Morgan fingerprint density at radius 1 is 1.35 bits per heavy atom. The maximum absolute atomic E-state index is 5.33. The van der Waals surface area contributed by atoms with E-state index in [-0.39, 0.29) is 0 Å². The molecule has 2 N–H and O–H groups in total. The number of halogens is 1. The quantitative estimate of drug-likeness (QED) is 0.758. The molecule has 0 saturated heterocycles. The molecule has 0 amide bonds. The highest BCUT2D eigenvalue weighted by Crippen LogP contribution is 2.22. The van der Waals surface area contributed by atoms with Crippen molar-refractivity contribution in [1.82, 2.24) is 10.6 Å². The van der Waals surface area contributed by atoms with Crippen LogP contribution in [0.2, 0.25) is 0 Å². The van der Waals surface area contributed by atoms with Gasteiger partial charge in [-0.25, -0.2) is 0 Å². The van der Waals surface area contributed by atoms with Gasteiger partial charge in [0.05, 0.1) is 7.11 Å². The van der Waals surface area contributed by atoms with E-state index in [9.17, 15) is 0 Å². The van der Waals surface area contributed by atoms with Crippen LogP contribution in [0.15, 0.2) is 22.7 Å². The molecule has 1 fully saturated rings. The molecular formula is C13H19BrN2O. The van der Waals surface area contributed by atoms with Gasteiger partial charge in [0.25, 0.3) is 0 Å². The average molecular weight is 299 g/mol. The summed E-state index contributed by atoms with van der Waals surface area (Å²) in [6.07, 6.45) is 2.69. The molecule has 1 aromatic rings. The summed E-state index contributed by atoms with van der Waals surface area (Å²) < 4.78 is 6.42. The molecule has 17 heavy (non-hydrogen) atoms. The van der Waals surface area contributed by atoms with E-state index in [1.807, 2.05) is 12.1 Å². The second kappa shape index (κ2) is 6.38. The van der Waals surface area contributed by atoms with Crippen molar-refractivity contribution in [3.63, 3.8) is 0 Å². The monoisotopic (exact) mass is 298 g/mol. The molecule has 4 heteroatoms. The molecule has 0 heterocycles. The Balaban J connectivity index is 1.74. The van der Waals surface area contributed by atoms with Crippen LogP contribution >= 0.6 is 15.9 Å². The van der Waals surface area contributed by atoms with Crippen molar-refractivity contribution in [1.29, 1.82) is 0 Å². The molecule has 0 aromatic heterocycles. The second-order valence-electron chi connectivity index (χ2n) is 4.36. The fourth-order valence-electron chi connectivity index (χ4n) is 1.76. The largest absolute Gasteiger partial charge is 0.496 e. The number of hydrogen-bond donors (Lipinski definition) is 2. The smallest absolute Gasteiger partial charge is 0.123 e. The zero-order valence-electron chi connectivity index (χ0n) is 10.1. The molecule has 0 spiro atoms. The van der Waals surface area contributed by atoms with E-state index in [0.717, 1.165) is 35.9 Å². The molecule has 1 saturated carbocycles. The predicted molar refractivity (Wildman–Crippen MR) is 73.4 cm³/mol. The first-order valence-corrected chi connectivity index (χ1v) is 6.85. The molecule has 94 valence electrons. The van der Waals surface area contributed by atoms with Crippen molar-refractivity contribution >= 4 is 15.9 Å². The number of benzene rings is 1. The number of nitrogens with one attached hydrogen (secondary N) is 2. The SMILES string of the molecule is COc1ccc(Br)cc1CNCCNC1CC1. The van der Waals surface area contributed by atoms with Gasteiger partial charge in [0.15, 0.2) is 0 Å². The fourth-order valence-corrected chi connectivity index (χ4v) is 2.17. The summed E-state index contributed by atoms with van der Waals surface area (Å²) in [6, 6.07) is 6.87. The summed E-state index contributed by atoms with van der Waals surface area (Å²) in [5.41, 5.74) is 1.19. The van der Waals surface area contributed by atoms with Crippen molar-refractivity contribution in [3.8, 4) is 5.75 Å². The fraction of sp³-hybridized carbons (Fsp3) is 0.538. The highest BCUT2D eigenvalue weighted by atomic mass is 79.9. The Kier molecular flexibility index (Phi) is 4.83. The van der Waals surface area contributed by atoms with Crippen molar-refractivity contribution in [3.05, 3.63) is 28.2 Å². The zero-order valence-corrected chi connectivity index (χ0v) is 11.7. The van der Waals surface area contributed by atoms with Crippen molar-refractivity contribution < 1.29 is 4.74 Å². The summed E-state index contributed by atoms with van der Waals surface area (Å²) in [4.78, 5) is 0. The molecule has 1 aliphatic carbocycles. The van der Waals surface area contributed by atoms with E-state index in [4.69, 9.17) is 4.74 Å². The Labute approximate surface area is 111 Å². The van der Waals surface area contributed by atoms with Gasteiger partial charge in [-0.3, -0.25) is 0 Å². The van der Waals surface area contributed by atoms with E-state index < -0.39 is 0 Å². The Bertz CT molecular complexity index is 366. The van der Waals surface area contributed by atoms with E-state index in [2.05, 4.69) is 32.6 Å². The molecule has 0 unspecified atom stereocenters. The minimum Gasteiger partial charge on any atom is -0.496 e. The zero-order chi connectivity index (χ0) is 12.1. The summed E-state index contributed by atoms with van der Waals surface area (Å²) >= 11 is 3.48. The summed E-state index contributed by atoms with van der Waals surface area (Å²) in [5, 5.41) is 6.90. The molecule has 3 nitrogen and oxygen atoms in total. The maximum atomic E-state index is 5.33. The van der Waals surface area contributed by atoms with Crippen molar-refractivity contribution in [2.24, 2.45) is 0 Å².